The van der Waals surface area contributed by atoms with Crippen LogP contribution >= 0.6 is 0 Å². The molecule has 11 heteroatoms. The van der Waals surface area contributed by atoms with Crippen molar-refractivity contribution in [2.24, 2.45) is 0 Å². The minimum atomic E-state index is -1.59. The van der Waals surface area contributed by atoms with Crippen LogP contribution in [-0.4, -0.2) is 49.9 Å². The number of carbonyl (C=O) groups is 2. The highest BCUT2D eigenvalue weighted by molar-refractivity contribution is 6.07. The van der Waals surface area contributed by atoms with Crippen molar-refractivity contribution in [2.75, 3.05) is 18.9 Å². The van der Waals surface area contributed by atoms with E-state index in [-0.39, 0.29) is 23.5 Å². The number of rotatable bonds is 9. The zero-order valence-corrected chi connectivity index (χ0v) is 16.5. The fraction of sp³-hybridized carbons (Fsp3) is 0.200. The van der Waals surface area contributed by atoms with E-state index in [4.69, 9.17) is 15.2 Å². The maximum Gasteiger partial charge on any atom is 0.342 e. The van der Waals surface area contributed by atoms with E-state index in [1.807, 2.05) is 4.57 Å². The van der Waals surface area contributed by atoms with Crippen LogP contribution in [-0.2, 0) is 6.54 Å². The standard InChI is InChI=1S/C20H20N4O7/c1-2-30-13-9-11(3-4-12(13)31-8-7-24-6-5-22-10-24)14-15(19(26)27)17(21)23-18(25)16(14)20(28)29/h3-6,9-10H,2,7-8H2,1H3,(H,26,27)(H,28,29)(H3,21,23,25). The molecule has 0 aliphatic heterocycles. The van der Waals surface area contributed by atoms with E-state index in [0.29, 0.717) is 18.9 Å². The third-order valence-corrected chi connectivity index (χ3v) is 4.37. The average Bonchev–Trinajstić information content (AvgIpc) is 3.21. The van der Waals surface area contributed by atoms with Crippen LogP contribution in [0.3, 0.4) is 0 Å². The van der Waals surface area contributed by atoms with Gasteiger partial charge in [-0.3, -0.25) is 4.79 Å². The number of ether oxygens (including phenoxy) is 2. The summed E-state index contributed by atoms with van der Waals surface area (Å²) in [6, 6.07) is 4.38. The summed E-state index contributed by atoms with van der Waals surface area (Å²) in [4.78, 5) is 41.7. The van der Waals surface area contributed by atoms with E-state index in [1.54, 1.807) is 25.6 Å². The Morgan fingerprint density at radius 3 is 2.52 bits per heavy atom. The fourth-order valence-corrected chi connectivity index (χ4v) is 3.07. The number of H-pyrrole nitrogens is 1. The van der Waals surface area contributed by atoms with Gasteiger partial charge >= 0.3 is 11.9 Å². The lowest BCUT2D eigenvalue weighted by atomic mass is 9.95. The number of nitrogens with one attached hydrogen (secondary N) is 1. The summed E-state index contributed by atoms with van der Waals surface area (Å²) in [5.41, 5.74) is 3.24. The van der Waals surface area contributed by atoms with Crippen molar-refractivity contribution in [3.63, 3.8) is 0 Å². The van der Waals surface area contributed by atoms with Gasteiger partial charge in [-0.05, 0) is 24.6 Å². The molecule has 0 bridgehead atoms. The quantitative estimate of drug-likeness (QED) is 0.396. The Balaban J connectivity index is 2.07. The number of nitrogens with two attached hydrogens (primary N) is 1. The maximum absolute atomic E-state index is 12.2. The maximum atomic E-state index is 12.2. The number of anilines is 1. The van der Waals surface area contributed by atoms with Crippen LogP contribution in [0, 0.1) is 0 Å². The first-order valence-corrected chi connectivity index (χ1v) is 9.21. The Morgan fingerprint density at radius 2 is 1.90 bits per heavy atom. The van der Waals surface area contributed by atoms with Crippen LogP contribution in [0.4, 0.5) is 5.82 Å². The minimum Gasteiger partial charge on any atom is -0.490 e. The van der Waals surface area contributed by atoms with Crippen LogP contribution in [0.2, 0.25) is 0 Å². The normalized spacial score (nSPS) is 10.6. The third kappa shape index (κ3) is 4.50. The number of hydrogen-bond donors (Lipinski definition) is 4. The molecule has 1 aromatic carbocycles. The van der Waals surface area contributed by atoms with Gasteiger partial charge in [0.05, 0.1) is 19.5 Å². The molecule has 162 valence electrons. The molecular formula is C20H20N4O7. The summed E-state index contributed by atoms with van der Waals surface area (Å²) in [5, 5.41) is 19.1. The van der Waals surface area contributed by atoms with Gasteiger partial charge in [0, 0.05) is 18.0 Å². The Kier molecular flexibility index (Phi) is 6.24. The van der Waals surface area contributed by atoms with E-state index in [9.17, 15) is 24.6 Å². The number of pyridine rings is 1. The molecule has 11 nitrogen and oxygen atoms in total. The molecule has 3 aromatic rings. The van der Waals surface area contributed by atoms with E-state index >= 15 is 0 Å². The van der Waals surface area contributed by atoms with Crippen molar-refractivity contribution in [3.05, 3.63) is 58.4 Å². The van der Waals surface area contributed by atoms with Gasteiger partial charge in [-0.15, -0.1) is 0 Å². The summed E-state index contributed by atoms with van der Waals surface area (Å²) < 4.78 is 13.2. The van der Waals surface area contributed by atoms with Crippen molar-refractivity contribution in [1.82, 2.24) is 14.5 Å². The van der Waals surface area contributed by atoms with Gasteiger partial charge in [-0.25, -0.2) is 14.6 Å². The van der Waals surface area contributed by atoms with Gasteiger partial charge < -0.3 is 35.0 Å². The third-order valence-electron chi connectivity index (χ3n) is 4.37. The van der Waals surface area contributed by atoms with Gasteiger partial charge in [-0.2, -0.15) is 0 Å². The number of nitrogens with zero attached hydrogens (tertiary/aromatic N) is 2. The van der Waals surface area contributed by atoms with E-state index in [0.717, 1.165) is 0 Å². The highest BCUT2D eigenvalue weighted by Gasteiger charge is 2.27. The Morgan fingerprint density at radius 1 is 1.16 bits per heavy atom. The summed E-state index contributed by atoms with van der Waals surface area (Å²) in [5.74, 6) is -2.88. The first-order valence-electron chi connectivity index (χ1n) is 9.21. The SMILES string of the molecule is CCOc1cc(-c2c(C(=O)O)c(N)[nH]c(=O)c2C(=O)O)ccc1OCCn1ccnc1. The lowest BCUT2D eigenvalue weighted by Gasteiger charge is -2.16. The van der Waals surface area contributed by atoms with E-state index in [2.05, 4.69) is 9.97 Å². The zero-order chi connectivity index (χ0) is 22.5. The lowest BCUT2D eigenvalue weighted by molar-refractivity contribution is 0.0695. The van der Waals surface area contributed by atoms with Gasteiger partial charge in [0.25, 0.3) is 5.56 Å². The van der Waals surface area contributed by atoms with E-state index < -0.39 is 34.4 Å². The number of aromatic amines is 1. The van der Waals surface area contributed by atoms with Crippen molar-refractivity contribution >= 4 is 17.8 Å². The van der Waals surface area contributed by atoms with Crippen molar-refractivity contribution in [3.8, 4) is 22.6 Å². The van der Waals surface area contributed by atoms with Gasteiger partial charge in [0.1, 0.15) is 23.6 Å². The topological polar surface area (TPSA) is 170 Å². The molecule has 5 N–H and O–H groups in total. The zero-order valence-electron chi connectivity index (χ0n) is 16.5. The Labute approximate surface area is 175 Å². The largest absolute Gasteiger partial charge is 0.490 e. The van der Waals surface area contributed by atoms with Crippen LogP contribution in [0.5, 0.6) is 11.5 Å². The van der Waals surface area contributed by atoms with Gasteiger partial charge in [-0.1, -0.05) is 6.07 Å². The molecule has 0 unspecified atom stereocenters. The van der Waals surface area contributed by atoms with Crippen LogP contribution in [0.15, 0.2) is 41.7 Å². The number of carboxylic acid groups (broad SMARTS) is 2. The predicted octanol–water partition coefficient (Wildman–Crippen LogP) is 1.69. The molecule has 2 heterocycles. The number of imidazole rings is 1. The van der Waals surface area contributed by atoms with Crippen molar-refractivity contribution < 1.29 is 29.3 Å². The molecule has 0 radical (unpaired) electrons. The van der Waals surface area contributed by atoms with Gasteiger partial charge in [0.15, 0.2) is 11.5 Å². The number of aromatic nitrogens is 3. The summed E-state index contributed by atoms with van der Waals surface area (Å²) in [7, 11) is 0. The molecule has 31 heavy (non-hydrogen) atoms. The second-order valence-electron chi connectivity index (χ2n) is 6.35. The summed E-state index contributed by atoms with van der Waals surface area (Å²) in [6.07, 6.45) is 5.08. The lowest BCUT2D eigenvalue weighted by Crippen LogP contribution is -2.24. The van der Waals surface area contributed by atoms with Gasteiger partial charge in [0.2, 0.25) is 0 Å². The molecule has 3 rings (SSSR count). The predicted molar refractivity (Wildman–Crippen MR) is 110 cm³/mol. The molecule has 0 fully saturated rings. The van der Waals surface area contributed by atoms with E-state index in [1.165, 1.54) is 18.2 Å². The number of aromatic carboxylic acids is 2. The summed E-state index contributed by atoms with van der Waals surface area (Å²) in [6.45, 7) is 2.85. The minimum absolute atomic E-state index is 0.137. The average molecular weight is 428 g/mol. The first-order chi connectivity index (χ1) is 14.8. The Bertz CT molecular complexity index is 1170. The van der Waals surface area contributed by atoms with Crippen LogP contribution in [0.25, 0.3) is 11.1 Å². The number of carboxylic acids is 2. The molecule has 0 spiro atoms. The second kappa shape index (κ2) is 9.03. The van der Waals surface area contributed by atoms with Crippen LogP contribution < -0.4 is 20.8 Å². The molecule has 0 aliphatic rings. The number of benzene rings is 1. The molecule has 0 atom stereocenters. The Hall–Kier alpha value is -4.28. The number of nitrogen functional groups attached to an aromatic ring is 1. The smallest absolute Gasteiger partial charge is 0.342 e. The second-order valence-corrected chi connectivity index (χ2v) is 6.35. The fourth-order valence-electron chi connectivity index (χ4n) is 3.07. The molecular weight excluding hydrogens is 408 g/mol. The number of hydrogen-bond acceptors (Lipinski definition) is 7. The summed E-state index contributed by atoms with van der Waals surface area (Å²) >= 11 is 0. The monoisotopic (exact) mass is 428 g/mol. The molecule has 0 saturated carbocycles. The van der Waals surface area contributed by atoms with Crippen LogP contribution in [0.1, 0.15) is 27.6 Å². The van der Waals surface area contributed by atoms with Crippen molar-refractivity contribution in [1.29, 1.82) is 0 Å². The highest BCUT2D eigenvalue weighted by Crippen LogP contribution is 2.36. The first kappa shape index (κ1) is 21.4. The van der Waals surface area contributed by atoms with Crippen molar-refractivity contribution in [2.45, 2.75) is 13.5 Å². The molecule has 0 aliphatic carbocycles. The molecule has 0 saturated heterocycles. The molecule has 0 amide bonds. The highest BCUT2D eigenvalue weighted by atomic mass is 16.5. The molecule has 2 aromatic heterocycles.